The van der Waals surface area contributed by atoms with E-state index in [0.29, 0.717) is 5.75 Å². The van der Waals surface area contributed by atoms with Crippen LogP contribution in [0.5, 0.6) is 0 Å². The van der Waals surface area contributed by atoms with E-state index in [1.165, 1.54) is 23.8 Å². The average Bonchev–Trinajstić information content (AvgIpc) is 3.39. The van der Waals surface area contributed by atoms with Gasteiger partial charge in [-0.1, -0.05) is 88.8 Å². The third-order valence-corrected chi connectivity index (χ3v) is 8.94. The second-order valence-electron chi connectivity index (χ2n) is 9.02. The fraction of sp³-hybridized carbons (Fsp3) is 0.214. The number of thioether (sulfide) groups is 1. The molecule has 2 aromatic carbocycles. The van der Waals surface area contributed by atoms with Crippen molar-refractivity contribution in [3.05, 3.63) is 93.6 Å². The van der Waals surface area contributed by atoms with Crippen LogP contribution in [0, 0.1) is 0 Å². The van der Waals surface area contributed by atoms with Crippen LogP contribution < -0.4 is 10.6 Å². The minimum absolute atomic E-state index is 0.0483. The van der Waals surface area contributed by atoms with Gasteiger partial charge in [-0.05, 0) is 17.2 Å². The molecular formula is C28H23Cl2N5O6S2. The highest BCUT2D eigenvalue weighted by Crippen LogP contribution is 2.39. The lowest BCUT2D eigenvalue weighted by Crippen LogP contribution is -2.70. The first kappa shape index (κ1) is 30.5. The zero-order chi connectivity index (χ0) is 30.5. The lowest BCUT2D eigenvalue weighted by Gasteiger charge is -2.48. The molecule has 1 saturated heterocycles. The van der Waals surface area contributed by atoms with Crippen molar-refractivity contribution in [3.63, 3.8) is 0 Å². The summed E-state index contributed by atoms with van der Waals surface area (Å²) in [5.41, 5.74) is 1.31. The Morgan fingerprint density at radius 1 is 1.12 bits per heavy atom. The first-order valence-corrected chi connectivity index (χ1v) is 15.5. The largest absolute Gasteiger partial charge is 0.448 e. The number of β-lactam (4-membered cyclic amide) rings is 1. The average molecular weight is 661 g/mol. The molecule has 1 aromatic heterocycles. The smallest absolute Gasteiger partial charge is 0.355 e. The summed E-state index contributed by atoms with van der Waals surface area (Å²) in [5.74, 6) is -2.34. The zero-order valence-corrected chi connectivity index (χ0v) is 25.5. The molecule has 0 spiro atoms. The van der Waals surface area contributed by atoms with Gasteiger partial charge in [0.25, 0.3) is 11.8 Å². The van der Waals surface area contributed by atoms with E-state index in [1.54, 1.807) is 6.08 Å². The number of carbonyl (C=O) groups excluding carboxylic acids is 4. The lowest BCUT2D eigenvalue weighted by molar-refractivity contribution is -0.154. The van der Waals surface area contributed by atoms with Crippen LogP contribution in [-0.4, -0.2) is 69.4 Å². The van der Waals surface area contributed by atoms with Crippen LogP contribution in [0.15, 0.2) is 77.6 Å². The highest BCUT2D eigenvalue weighted by molar-refractivity contribution is 8.00. The molecule has 3 amide bonds. The summed E-state index contributed by atoms with van der Waals surface area (Å²) in [4.78, 5) is 61.9. The van der Waals surface area contributed by atoms with Crippen LogP contribution >= 0.6 is 46.3 Å². The molecule has 15 heteroatoms. The highest BCUT2D eigenvalue weighted by atomic mass is 35.5. The Morgan fingerprint density at radius 3 is 2.37 bits per heavy atom. The predicted octanol–water partition coefficient (Wildman–Crippen LogP) is 3.94. The molecule has 222 valence electrons. The molecule has 43 heavy (non-hydrogen) atoms. The summed E-state index contributed by atoms with van der Waals surface area (Å²) < 4.78 is 6.02. The standard InChI is InChI=1S/C28H23Cl2N5O6S2/c1-40-34-20(19-23(30)43-28(33-19)31-18(36)14-29)24(37)32-21-25(38)35-17(12-13-42-26(21)35)27(39)41-22(15-8-4-2-5-9-15)16-10-6-3-7-11-16/h2-12,21-22,26H,13-14H2,1H3,(H,32,37)(H,31,33,36)/t21-,26+/m1/s1. The molecule has 0 saturated carbocycles. The quantitative estimate of drug-likeness (QED) is 0.110. The number of alkyl halides is 1. The van der Waals surface area contributed by atoms with E-state index < -0.39 is 41.2 Å². The number of nitrogens with one attached hydrogen (secondary N) is 2. The normalized spacial score (nSPS) is 17.9. The van der Waals surface area contributed by atoms with E-state index in [-0.39, 0.29) is 32.5 Å². The van der Waals surface area contributed by atoms with E-state index in [0.717, 1.165) is 22.5 Å². The van der Waals surface area contributed by atoms with Gasteiger partial charge in [0.15, 0.2) is 16.9 Å². The maximum absolute atomic E-state index is 13.5. The molecule has 3 aromatic rings. The van der Waals surface area contributed by atoms with Crippen molar-refractivity contribution in [2.45, 2.75) is 17.5 Å². The summed E-state index contributed by atoms with van der Waals surface area (Å²) in [5, 5.41) is 8.39. The molecule has 0 bridgehead atoms. The van der Waals surface area contributed by atoms with Crippen molar-refractivity contribution >= 4 is 80.8 Å². The molecule has 1 fully saturated rings. The monoisotopic (exact) mass is 659 g/mol. The van der Waals surface area contributed by atoms with Crippen LogP contribution in [0.4, 0.5) is 5.13 Å². The van der Waals surface area contributed by atoms with Gasteiger partial charge in [-0.3, -0.25) is 19.3 Å². The van der Waals surface area contributed by atoms with Gasteiger partial charge in [-0.25, -0.2) is 9.78 Å². The fourth-order valence-corrected chi connectivity index (χ4v) is 6.75. The Labute approximate surface area is 264 Å². The number of benzene rings is 2. The molecule has 0 unspecified atom stereocenters. The van der Waals surface area contributed by atoms with Crippen LogP contribution in [0.1, 0.15) is 22.9 Å². The van der Waals surface area contributed by atoms with E-state index >= 15 is 0 Å². The Hall–Kier alpha value is -3.91. The molecule has 2 aliphatic heterocycles. The minimum Gasteiger partial charge on any atom is -0.448 e. The van der Waals surface area contributed by atoms with Crippen LogP contribution in [0.3, 0.4) is 0 Å². The van der Waals surface area contributed by atoms with Crippen LogP contribution in [-0.2, 0) is 28.8 Å². The molecule has 3 heterocycles. The van der Waals surface area contributed by atoms with Crippen molar-refractivity contribution in [1.29, 1.82) is 0 Å². The summed E-state index contributed by atoms with van der Waals surface area (Å²) in [6.07, 6.45) is 0.946. The number of nitrogens with zero attached hydrogens (tertiary/aromatic N) is 3. The third-order valence-electron chi connectivity index (χ3n) is 6.35. The van der Waals surface area contributed by atoms with E-state index in [9.17, 15) is 19.2 Å². The number of anilines is 1. The van der Waals surface area contributed by atoms with Gasteiger partial charge < -0.3 is 20.2 Å². The molecular weight excluding hydrogens is 637 g/mol. The maximum Gasteiger partial charge on any atom is 0.355 e. The van der Waals surface area contributed by atoms with Crippen molar-refractivity contribution < 1.29 is 28.8 Å². The van der Waals surface area contributed by atoms with Crippen LogP contribution in [0.25, 0.3) is 0 Å². The Balaban J connectivity index is 1.30. The van der Waals surface area contributed by atoms with E-state index in [1.807, 2.05) is 60.7 Å². The van der Waals surface area contributed by atoms with Crippen molar-refractivity contribution in [2.24, 2.45) is 5.16 Å². The van der Waals surface area contributed by atoms with Gasteiger partial charge in [-0.2, -0.15) is 0 Å². The molecule has 2 aliphatic rings. The van der Waals surface area contributed by atoms with Gasteiger partial charge in [0.1, 0.15) is 40.1 Å². The third kappa shape index (κ3) is 6.54. The Morgan fingerprint density at radius 2 is 1.77 bits per heavy atom. The van der Waals surface area contributed by atoms with Crippen molar-refractivity contribution in [3.8, 4) is 0 Å². The summed E-state index contributed by atoms with van der Waals surface area (Å²) >= 11 is 14.1. The number of ether oxygens (including phenoxy) is 1. The van der Waals surface area contributed by atoms with E-state index in [4.69, 9.17) is 32.8 Å². The highest BCUT2D eigenvalue weighted by Gasteiger charge is 2.53. The molecule has 5 rings (SSSR count). The zero-order valence-electron chi connectivity index (χ0n) is 22.4. The molecule has 2 atom stereocenters. The number of thiazole rings is 1. The first-order valence-electron chi connectivity index (χ1n) is 12.7. The molecule has 2 N–H and O–H groups in total. The predicted molar refractivity (Wildman–Crippen MR) is 164 cm³/mol. The topological polar surface area (TPSA) is 139 Å². The van der Waals surface area contributed by atoms with Crippen molar-refractivity contribution in [1.82, 2.24) is 15.2 Å². The minimum atomic E-state index is -0.970. The number of hydrogen-bond acceptors (Lipinski definition) is 10. The van der Waals surface area contributed by atoms with Gasteiger partial charge in [0.2, 0.25) is 5.91 Å². The first-order chi connectivity index (χ1) is 20.8. The number of halogens is 2. The summed E-state index contributed by atoms with van der Waals surface area (Å²) in [6, 6.07) is 17.6. The number of amides is 3. The second kappa shape index (κ2) is 13.6. The van der Waals surface area contributed by atoms with Gasteiger partial charge in [0, 0.05) is 5.75 Å². The van der Waals surface area contributed by atoms with Gasteiger partial charge >= 0.3 is 5.97 Å². The number of rotatable bonds is 10. The molecule has 0 radical (unpaired) electrons. The Kier molecular flexibility index (Phi) is 9.65. The molecule has 11 nitrogen and oxygen atoms in total. The molecule has 0 aliphatic carbocycles. The van der Waals surface area contributed by atoms with Gasteiger partial charge in [0.05, 0.1) is 0 Å². The number of hydrogen-bond donors (Lipinski definition) is 2. The Bertz CT molecular complexity index is 1560. The van der Waals surface area contributed by atoms with Gasteiger partial charge in [-0.15, -0.1) is 23.4 Å². The SMILES string of the molecule is CON=C(C(=O)N[C@@H]1C(=O)N2C(C(=O)OC(c3ccccc3)c3ccccc3)=CCS[C@@H]12)c1nc(NC(=O)CCl)sc1Cl. The summed E-state index contributed by atoms with van der Waals surface area (Å²) in [6.45, 7) is 0. The number of aromatic nitrogens is 1. The van der Waals surface area contributed by atoms with Crippen molar-refractivity contribution in [2.75, 3.05) is 24.1 Å². The number of oxime groups is 1. The van der Waals surface area contributed by atoms with E-state index in [2.05, 4.69) is 20.8 Å². The number of carbonyl (C=O) groups is 4. The summed E-state index contributed by atoms with van der Waals surface area (Å²) in [7, 11) is 1.23. The lowest BCUT2D eigenvalue weighted by atomic mass is 10.0. The maximum atomic E-state index is 13.5. The second-order valence-corrected chi connectivity index (χ2v) is 12.0. The van der Waals surface area contributed by atoms with Crippen LogP contribution in [0.2, 0.25) is 4.34 Å². The fourth-order valence-electron chi connectivity index (χ4n) is 4.43. The number of esters is 1. The number of fused-ring (bicyclic) bond motifs is 1.